The van der Waals surface area contributed by atoms with Crippen LogP contribution in [0.2, 0.25) is 0 Å². The van der Waals surface area contributed by atoms with Crippen molar-refractivity contribution in [2.24, 2.45) is 0 Å². The topological polar surface area (TPSA) is 55.4 Å². The minimum Gasteiger partial charge on any atom is -0.495 e. The highest BCUT2D eigenvalue weighted by Gasteiger charge is 2.19. The Morgan fingerprint density at radius 2 is 1.67 bits per heavy atom. The second-order valence-electron chi connectivity index (χ2n) is 4.81. The van der Waals surface area contributed by atoms with Gasteiger partial charge in [0.2, 0.25) is 10.0 Å². The van der Waals surface area contributed by atoms with Crippen LogP contribution in [-0.2, 0) is 10.0 Å². The highest BCUT2D eigenvalue weighted by Crippen LogP contribution is 2.23. The van der Waals surface area contributed by atoms with Crippen molar-refractivity contribution in [2.75, 3.05) is 13.7 Å². The van der Waals surface area contributed by atoms with Crippen molar-refractivity contribution >= 4 is 10.0 Å². The van der Waals surface area contributed by atoms with Gasteiger partial charge in [-0.05, 0) is 23.6 Å². The number of hydrogen-bond acceptors (Lipinski definition) is 3. The summed E-state index contributed by atoms with van der Waals surface area (Å²) in [7, 11) is -2.12. The summed E-state index contributed by atoms with van der Waals surface area (Å²) in [6, 6.07) is 16.4. The summed E-state index contributed by atoms with van der Waals surface area (Å²) in [6.07, 6.45) is 0. The van der Waals surface area contributed by atoms with Gasteiger partial charge in [0, 0.05) is 6.54 Å². The molecule has 0 heterocycles. The molecule has 112 valence electrons. The first-order valence-corrected chi connectivity index (χ1v) is 8.20. The lowest BCUT2D eigenvalue weighted by atomic mass is 10.0. The molecule has 0 aliphatic rings. The summed E-state index contributed by atoms with van der Waals surface area (Å²) in [4.78, 5) is 0.160. The zero-order chi connectivity index (χ0) is 15.3. The molecule has 0 bridgehead atoms. The van der Waals surface area contributed by atoms with Gasteiger partial charge in [-0.25, -0.2) is 13.1 Å². The van der Waals surface area contributed by atoms with Gasteiger partial charge in [-0.15, -0.1) is 0 Å². The Balaban J connectivity index is 2.12. The zero-order valence-corrected chi connectivity index (χ0v) is 12.9. The van der Waals surface area contributed by atoms with E-state index in [1.165, 1.54) is 13.2 Å². The first-order valence-electron chi connectivity index (χ1n) is 6.72. The average molecular weight is 305 g/mol. The van der Waals surface area contributed by atoms with Crippen LogP contribution in [0.3, 0.4) is 0 Å². The molecule has 1 atom stereocenters. The van der Waals surface area contributed by atoms with E-state index in [1.54, 1.807) is 18.2 Å². The fourth-order valence-electron chi connectivity index (χ4n) is 2.05. The lowest BCUT2D eigenvalue weighted by Gasteiger charge is -2.14. The number of para-hydroxylation sites is 1. The smallest absolute Gasteiger partial charge is 0.244 e. The molecule has 0 aliphatic heterocycles. The van der Waals surface area contributed by atoms with E-state index in [0.717, 1.165) is 5.56 Å². The predicted molar refractivity (Wildman–Crippen MR) is 83.0 cm³/mol. The number of benzene rings is 2. The summed E-state index contributed by atoms with van der Waals surface area (Å²) in [5, 5.41) is 0. The van der Waals surface area contributed by atoms with E-state index < -0.39 is 10.0 Å². The number of nitrogens with one attached hydrogen (secondary N) is 1. The van der Waals surface area contributed by atoms with Crippen LogP contribution in [0.25, 0.3) is 0 Å². The van der Waals surface area contributed by atoms with E-state index in [1.807, 2.05) is 37.3 Å². The Morgan fingerprint density at radius 3 is 2.33 bits per heavy atom. The standard InChI is InChI=1S/C16H19NO3S/c1-13(14-8-4-3-5-9-14)12-17-21(18,19)16-11-7-6-10-15(16)20-2/h3-11,13,17H,12H2,1-2H3. The molecule has 0 aliphatic carbocycles. The van der Waals surface area contributed by atoms with Crippen LogP contribution in [0.15, 0.2) is 59.5 Å². The van der Waals surface area contributed by atoms with Crippen molar-refractivity contribution in [3.05, 3.63) is 60.2 Å². The lowest BCUT2D eigenvalue weighted by Crippen LogP contribution is -2.28. The summed E-state index contributed by atoms with van der Waals surface area (Å²) in [5.74, 6) is 0.438. The molecule has 0 aromatic heterocycles. The van der Waals surface area contributed by atoms with Gasteiger partial charge in [0.05, 0.1) is 7.11 Å². The number of rotatable bonds is 6. The largest absolute Gasteiger partial charge is 0.495 e. The molecule has 21 heavy (non-hydrogen) atoms. The van der Waals surface area contributed by atoms with Crippen molar-refractivity contribution in [1.82, 2.24) is 4.72 Å². The predicted octanol–water partition coefficient (Wildman–Crippen LogP) is 2.78. The van der Waals surface area contributed by atoms with Crippen molar-refractivity contribution in [3.8, 4) is 5.75 Å². The maximum atomic E-state index is 12.4. The Labute approximate surface area is 125 Å². The summed E-state index contributed by atoms with van der Waals surface area (Å²) in [6.45, 7) is 2.32. The summed E-state index contributed by atoms with van der Waals surface area (Å²) >= 11 is 0. The van der Waals surface area contributed by atoms with E-state index in [9.17, 15) is 8.42 Å². The summed E-state index contributed by atoms with van der Waals surface area (Å²) < 4.78 is 32.5. The van der Waals surface area contributed by atoms with Crippen LogP contribution in [0, 0.1) is 0 Å². The van der Waals surface area contributed by atoms with Crippen LogP contribution in [0.4, 0.5) is 0 Å². The lowest BCUT2D eigenvalue weighted by molar-refractivity contribution is 0.402. The molecule has 2 aromatic rings. The maximum Gasteiger partial charge on any atom is 0.244 e. The molecule has 0 spiro atoms. The highest BCUT2D eigenvalue weighted by molar-refractivity contribution is 7.89. The quantitative estimate of drug-likeness (QED) is 0.893. The minimum atomic E-state index is -3.58. The molecule has 0 fully saturated rings. The minimum absolute atomic E-state index is 0.0932. The molecule has 0 amide bonds. The van der Waals surface area contributed by atoms with Gasteiger partial charge in [-0.1, -0.05) is 49.4 Å². The van der Waals surface area contributed by atoms with Gasteiger partial charge in [0.15, 0.2) is 0 Å². The third-order valence-corrected chi connectivity index (χ3v) is 4.77. The average Bonchev–Trinajstić information content (AvgIpc) is 2.53. The van der Waals surface area contributed by atoms with E-state index in [2.05, 4.69) is 4.72 Å². The SMILES string of the molecule is COc1ccccc1S(=O)(=O)NCC(C)c1ccccc1. The van der Waals surface area contributed by atoms with Crippen molar-refractivity contribution in [2.45, 2.75) is 17.7 Å². The number of sulfonamides is 1. The Hall–Kier alpha value is -1.85. The first-order chi connectivity index (χ1) is 10.0. The Kier molecular flexibility index (Phi) is 4.98. The molecule has 0 radical (unpaired) electrons. The van der Waals surface area contributed by atoms with Crippen LogP contribution in [0.5, 0.6) is 5.75 Å². The number of methoxy groups -OCH3 is 1. The van der Waals surface area contributed by atoms with E-state index in [-0.39, 0.29) is 10.8 Å². The molecule has 0 saturated carbocycles. The van der Waals surface area contributed by atoms with Gasteiger partial charge in [0.25, 0.3) is 0 Å². The first kappa shape index (κ1) is 15.5. The van der Waals surface area contributed by atoms with Crippen LogP contribution in [0.1, 0.15) is 18.4 Å². The third kappa shape index (κ3) is 3.83. The molecule has 1 unspecified atom stereocenters. The van der Waals surface area contributed by atoms with Gasteiger partial charge < -0.3 is 4.74 Å². The fourth-order valence-corrected chi connectivity index (χ4v) is 3.35. The summed E-state index contributed by atoms with van der Waals surface area (Å²) in [5.41, 5.74) is 1.10. The monoisotopic (exact) mass is 305 g/mol. The Bertz CT molecular complexity index is 684. The zero-order valence-electron chi connectivity index (χ0n) is 12.1. The van der Waals surface area contributed by atoms with Crippen molar-refractivity contribution in [3.63, 3.8) is 0 Å². The van der Waals surface area contributed by atoms with Gasteiger partial charge in [0.1, 0.15) is 10.6 Å². The fraction of sp³-hybridized carbons (Fsp3) is 0.250. The maximum absolute atomic E-state index is 12.4. The van der Waals surface area contributed by atoms with E-state index >= 15 is 0 Å². The molecular weight excluding hydrogens is 286 g/mol. The molecule has 1 N–H and O–H groups in total. The number of ether oxygens (including phenoxy) is 1. The van der Waals surface area contributed by atoms with Gasteiger partial charge >= 0.3 is 0 Å². The Morgan fingerprint density at radius 1 is 1.05 bits per heavy atom. The van der Waals surface area contributed by atoms with Crippen LogP contribution >= 0.6 is 0 Å². The van der Waals surface area contributed by atoms with Gasteiger partial charge in [-0.2, -0.15) is 0 Å². The molecule has 2 rings (SSSR count). The number of hydrogen-bond donors (Lipinski definition) is 1. The van der Waals surface area contributed by atoms with E-state index in [0.29, 0.717) is 12.3 Å². The molecule has 4 nitrogen and oxygen atoms in total. The molecule has 2 aromatic carbocycles. The second-order valence-corrected chi connectivity index (χ2v) is 6.55. The normalized spacial score (nSPS) is 12.9. The van der Waals surface area contributed by atoms with E-state index in [4.69, 9.17) is 4.74 Å². The second kappa shape index (κ2) is 6.74. The molecule has 0 saturated heterocycles. The van der Waals surface area contributed by atoms with Gasteiger partial charge in [-0.3, -0.25) is 0 Å². The third-order valence-electron chi connectivity index (χ3n) is 3.31. The van der Waals surface area contributed by atoms with Crippen molar-refractivity contribution in [1.29, 1.82) is 0 Å². The van der Waals surface area contributed by atoms with Crippen LogP contribution < -0.4 is 9.46 Å². The highest BCUT2D eigenvalue weighted by atomic mass is 32.2. The molecular formula is C16H19NO3S. The van der Waals surface area contributed by atoms with Crippen LogP contribution in [-0.4, -0.2) is 22.1 Å². The molecule has 5 heteroatoms. The van der Waals surface area contributed by atoms with Crippen molar-refractivity contribution < 1.29 is 13.2 Å².